The molecule has 1 heterocycles. The Morgan fingerprint density at radius 1 is 1.15 bits per heavy atom. The summed E-state index contributed by atoms with van der Waals surface area (Å²) < 4.78 is 1.01. The second kappa shape index (κ2) is 11.6. The van der Waals surface area contributed by atoms with Crippen molar-refractivity contribution < 1.29 is 20.8 Å². The summed E-state index contributed by atoms with van der Waals surface area (Å²) in [5.74, 6) is 0.347. The fraction of sp³-hybridized carbons (Fsp3) is 0.0952. The topological polar surface area (TPSA) is 12.4 Å². The van der Waals surface area contributed by atoms with Gasteiger partial charge < -0.3 is 13.5 Å². The molecule has 2 aromatic carbocycles. The van der Waals surface area contributed by atoms with Crippen LogP contribution in [0.4, 0.5) is 0 Å². The summed E-state index contributed by atoms with van der Waals surface area (Å²) in [4.78, 5) is 4.17. The molecule has 5 rings (SSSR count). The van der Waals surface area contributed by atoms with Crippen molar-refractivity contribution >= 4 is 64.8 Å². The Hall–Kier alpha value is -0.377. The minimum atomic E-state index is -0.826. The smallest absolute Gasteiger partial charge is 0.0528 e. The van der Waals surface area contributed by atoms with Gasteiger partial charge in [-0.25, -0.2) is 0 Å². The fourth-order valence-electron chi connectivity index (χ4n) is 3.03. The van der Waals surface area contributed by atoms with Gasteiger partial charge in [-0.2, -0.15) is 0 Å². The molecule has 0 radical (unpaired) electrons. The molecule has 0 bridgehead atoms. The zero-order valence-corrected chi connectivity index (χ0v) is 20.6. The van der Waals surface area contributed by atoms with E-state index in [1.54, 1.807) is 0 Å². The molecule has 0 saturated carbocycles. The Morgan fingerprint density at radius 2 is 1.96 bits per heavy atom. The molecule has 0 saturated heterocycles. The molecule has 1 unspecified atom stereocenters. The molecular formula is C21H15BrCl2NSZr-3. The van der Waals surface area contributed by atoms with E-state index in [1.807, 2.05) is 30.6 Å². The SMILES string of the molecule is Brc1[c-]c2c(cc1)C1C=NC=CC1=C2.[Cl][Zr][Cl].[SH-].[c-]1cccc2c1C=CC2. The molecule has 27 heavy (non-hydrogen) atoms. The van der Waals surface area contributed by atoms with Gasteiger partial charge in [-0.3, -0.25) is 4.99 Å². The van der Waals surface area contributed by atoms with Crippen LogP contribution in [0.2, 0.25) is 0 Å². The minimum Gasteiger partial charge on any atom is -0.813 e. The number of allylic oxidation sites excluding steroid dienone is 3. The summed E-state index contributed by atoms with van der Waals surface area (Å²) in [5, 5.41) is 0. The molecule has 3 aliphatic rings. The first kappa shape index (κ1) is 22.9. The normalized spacial score (nSPS) is 16.4. The van der Waals surface area contributed by atoms with Crippen LogP contribution >= 0.6 is 33.0 Å². The zero-order valence-electron chi connectivity index (χ0n) is 14.2. The van der Waals surface area contributed by atoms with Crippen molar-refractivity contribution in [2.45, 2.75) is 12.3 Å². The number of fused-ring (bicyclic) bond motifs is 4. The summed E-state index contributed by atoms with van der Waals surface area (Å²) in [5.41, 5.74) is 6.45. The predicted molar refractivity (Wildman–Crippen MR) is 120 cm³/mol. The molecule has 1 aliphatic heterocycles. The Labute approximate surface area is 194 Å². The standard InChI is InChI=1S/C12H7BrN.C9H7.2ClH.H2S.Zr/c13-10-1-2-11-9(6-10)5-8-3-4-14-7-12(8)11;1-2-5-9-7-3-6-8(9)4-1;;;;/h1-5,7,12H;1-4,7H,6H2;2*1H;1H2;/q2*-1;;;;+2/p-3. The maximum Gasteiger partial charge on any atom is -0.0528 e. The van der Waals surface area contributed by atoms with Crippen molar-refractivity contribution in [3.8, 4) is 0 Å². The number of benzene rings is 2. The van der Waals surface area contributed by atoms with Gasteiger partial charge in [0.05, 0.1) is 0 Å². The third kappa shape index (κ3) is 6.05. The maximum absolute atomic E-state index is 4.93. The molecule has 138 valence electrons. The van der Waals surface area contributed by atoms with Crippen molar-refractivity contribution in [2.24, 2.45) is 4.99 Å². The van der Waals surface area contributed by atoms with E-state index in [2.05, 4.69) is 69.5 Å². The summed E-state index contributed by atoms with van der Waals surface area (Å²) in [6, 6.07) is 16.7. The first-order valence-electron chi connectivity index (χ1n) is 7.98. The summed E-state index contributed by atoms with van der Waals surface area (Å²) >= 11 is 2.60. The third-order valence-corrected chi connectivity index (χ3v) is 4.63. The van der Waals surface area contributed by atoms with Crippen LogP contribution in [0.5, 0.6) is 0 Å². The number of aliphatic imine (C=N–C) groups is 1. The van der Waals surface area contributed by atoms with Crippen molar-refractivity contribution in [3.05, 3.63) is 93.1 Å². The van der Waals surface area contributed by atoms with E-state index < -0.39 is 20.8 Å². The predicted octanol–water partition coefficient (Wildman–Crippen LogP) is 6.49. The molecular weight excluding hydrogens is 540 g/mol. The van der Waals surface area contributed by atoms with E-state index in [0.717, 1.165) is 10.9 Å². The minimum absolute atomic E-state index is 0. The zero-order chi connectivity index (χ0) is 18.4. The van der Waals surface area contributed by atoms with Crippen molar-refractivity contribution in [2.75, 3.05) is 0 Å². The van der Waals surface area contributed by atoms with Gasteiger partial charge in [0, 0.05) is 18.3 Å². The van der Waals surface area contributed by atoms with Crippen LogP contribution in [0.3, 0.4) is 0 Å². The van der Waals surface area contributed by atoms with Gasteiger partial charge >= 0.3 is 37.9 Å². The number of rotatable bonds is 0. The average molecular weight is 555 g/mol. The van der Waals surface area contributed by atoms with Gasteiger partial charge in [0.1, 0.15) is 0 Å². The summed E-state index contributed by atoms with van der Waals surface area (Å²) in [6.45, 7) is 0. The first-order chi connectivity index (χ1) is 12.7. The number of hydrogen-bond acceptors (Lipinski definition) is 2. The maximum atomic E-state index is 4.93. The molecule has 1 nitrogen and oxygen atoms in total. The van der Waals surface area contributed by atoms with E-state index in [9.17, 15) is 0 Å². The second-order valence-electron chi connectivity index (χ2n) is 5.70. The molecule has 0 amide bonds. The van der Waals surface area contributed by atoms with Gasteiger partial charge in [0.2, 0.25) is 0 Å². The number of hydrogen-bond donors (Lipinski definition) is 0. The fourth-order valence-corrected chi connectivity index (χ4v) is 3.37. The van der Waals surface area contributed by atoms with Crippen LogP contribution in [0.1, 0.15) is 28.2 Å². The number of halogens is 3. The Balaban J connectivity index is 0.000000175. The third-order valence-electron chi connectivity index (χ3n) is 4.17. The summed E-state index contributed by atoms with van der Waals surface area (Å²) in [6.07, 6.45) is 13.4. The number of thiol groups is 1. The molecule has 0 fully saturated rings. The largest absolute Gasteiger partial charge is 0.813 e. The van der Waals surface area contributed by atoms with Crippen LogP contribution in [-0.4, -0.2) is 6.21 Å². The van der Waals surface area contributed by atoms with Crippen LogP contribution in [0.25, 0.3) is 12.2 Å². The monoisotopic (exact) mass is 552 g/mol. The number of nitrogens with zero attached hydrogens (tertiary/aromatic N) is 1. The average Bonchev–Trinajstić information content (AvgIpc) is 3.26. The molecule has 0 N–H and O–H groups in total. The molecule has 0 spiro atoms. The van der Waals surface area contributed by atoms with Gasteiger partial charge in [-0.15, -0.1) is 82.9 Å². The molecule has 2 aliphatic carbocycles. The van der Waals surface area contributed by atoms with Crippen molar-refractivity contribution in [3.63, 3.8) is 0 Å². The van der Waals surface area contributed by atoms with Gasteiger partial charge in [-0.05, 0) is 6.08 Å². The van der Waals surface area contributed by atoms with Crippen LogP contribution < -0.4 is 0 Å². The molecule has 1 atom stereocenters. The van der Waals surface area contributed by atoms with E-state index in [1.165, 1.54) is 27.8 Å². The van der Waals surface area contributed by atoms with E-state index in [-0.39, 0.29) is 13.5 Å². The van der Waals surface area contributed by atoms with Gasteiger partial charge in [-0.1, -0.05) is 32.4 Å². The van der Waals surface area contributed by atoms with E-state index in [4.69, 9.17) is 17.0 Å². The van der Waals surface area contributed by atoms with Crippen molar-refractivity contribution in [1.82, 2.24) is 0 Å². The molecule has 2 aromatic rings. The van der Waals surface area contributed by atoms with E-state index in [0.29, 0.717) is 5.92 Å². The summed E-state index contributed by atoms with van der Waals surface area (Å²) in [7, 11) is 9.87. The molecule has 6 heteroatoms. The van der Waals surface area contributed by atoms with Crippen molar-refractivity contribution in [1.29, 1.82) is 0 Å². The van der Waals surface area contributed by atoms with Gasteiger partial charge in [0.25, 0.3) is 0 Å². The van der Waals surface area contributed by atoms with Crippen LogP contribution in [0, 0.1) is 12.1 Å². The quantitative estimate of drug-likeness (QED) is 0.206. The Kier molecular flexibility index (Phi) is 9.83. The Morgan fingerprint density at radius 3 is 2.74 bits per heavy atom. The Bertz CT molecular complexity index is 909. The van der Waals surface area contributed by atoms with Crippen LogP contribution in [0.15, 0.2) is 63.7 Å². The molecule has 0 aromatic heterocycles. The van der Waals surface area contributed by atoms with Gasteiger partial charge in [0.15, 0.2) is 0 Å². The van der Waals surface area contributed by atoms with Crippen LogP contribution in [-0.2, 0) is 40.8 Å². The van der Waals surface area contributed by atoms with E-state index >= 15 is 0 Å². The second-order valence-corrected chi connectivity index (χ2v) is 10.3. The first-order valence-corrected chi connectivity index (χ1v) is 15.1.